The maximum absolute atomic E-state index is 12.0. The van der Waals surface area contributed by atoms with E-state index in [1.165, 1.54) is 18.2 Å². The monoisotopic (exact) mass is 298 g/mol. The minimum atomic E-state index is -0.484. The van der Waals surface area contributed by atoms with E-state index < -0.39 is 10.8 Å². The first-order valence-corrected chi connectivity index (χ1v) is 6.49. The Labute approximate surface area is 126 Å². The average molecular weight is 298 g/mol. The summed E-state index contributed by atoms with van der Waals surface area (Å²) >= 11 is 0. The number of rotatable bonds is 4. The average Bonchev–Trinajstić information content (AvgIpc) is 2.52. The molecular weight excluding hydrogens is 284 g/mol. The van der Waals surface area contributed by atoms with Gasteiger partial charge in [-0.15, -0.1) is 0 Å². The van der Waals surface area contributed by atoms with Crippen molar-refractivity contribution < 1.29 is 9.72 Å². The molecule has 1 aromatic heterocycles. The maximum Gasteiger partial charge on any atom is 0.272 e. The number of nitro benzene ring substituents is 1. The molecule has 0 bridgehead atoms. The normalized spacial score (nSPS) is 11.1. The van der Waals surface area contributed by atoms with Crippen LogP contribution >= 0.6 is 0 Å². The zero-order valence-corrected chi connectivity index (χ0v) is 12.1. The Kier molecular flexibility index (Phi) is 4.57. The third-order valence-corrected chi connectivity index (χ3v) is 3.06. The molecular formula is C15H14N4O3. The number of hydrogen-bond acceptors (Lipinski definition) is 5. The van der Waals surface area contributed by atoms with E-state index in [2.05, 4.69) is 15.5 Å². The Hall–Kier alpha value is -3.09. The van der Waals surface area contributed by atoms with Crippen LogP contribution in [-0.2, 0) is 0 Å². The van der Waals surface area contributed by atoms with Gasteiger partial charge in [0, 0.05) is 35.2 Å². The molecule has 0 atom stereocenters. The Morgan fingerprint density at radius 1 is 1.32 bits per heavy atom. The summed E-state index contributed by atoms with van der Waals surface area (Å²) in [5, 5.41) is 14.8. The lowest BCUT2D eigenvalue weighted by atomic mass is 10.1. The number of carbonyl (C=O) groups is 1. The highest BCUT2D eigenvalue weighted by atomic mass is 16.6. The zero-order valence-electron chi connectivity index (χ0n) is 12.1. The Morgan fingerprint density at radius 2 is 2.09 bits per heavy atom. The van der Waals surface area contributed by atoms with Gasteiger partial charge in [-0.2, -0.15) is 5.10 Å². The second-order valence-electron chi connectivity index (χ2n) is 4.64. The number of hydrazone groups is 1. The number of aromatic nitrogens is 1. The first-order valence-electron chi connectivity index (χ1n) is 6.49. The predicted molar refractivity (Wildman–Crippen MR) is 81.7 cm³/mol. The fraction of sp³-hybridized carbons (Fsp3) is 0.133. The van der Waals surface area contributed by atoms with Crippen LogP contribution in [0.4, 0.5) is 5.69 Å². The maximum atomic E-state index is 12.0. The van der Waals surface area contributed by atoms with E-state index in [0.29, 0.717) is 16.8 Å². The number of amides is 1. The summed E-state index contributed by atoms with van der Waals surface area (Å²) in [4.78, 5) is 26.2. The van der Waals surface area contributed by atoms with E-state index >= 15 is 0 Å². The van der Waals surface area contributed by atoms with Crippen LogP contribution in [0.25, 0.3) is 0 Å². The van der Waals surface area contributed by atoms with Gasteiger partial charge in [-0.1, -0.05) is 6.07 Å². The quantitative estimate of drug-likeness (QED) is 0.532. The number of carbonyl (C=O) groups excluding carboxylic acids is 1. The van der Waals surface area contributed by atoms with Gasteiger partial charge in [0.05, 0.1) is 10.6 Å². The third-order valence-electron chi connectivity index (χ3n) is 3.06. The lowest BCUT2D eigenvalue weighted by molar-refractivity contribution is -0.385. The number of nitrogens with zero attached hydrogens (tertiary/aromatic N) is 3. The number of aryl methyl sites for hydroxylation is 1. The lowest BCUT2D eigenvalue weighted by Crippen LogP contribution is -2.19. The Bertz CT molecular complexity index is 742. The highest BCUT2D eigenvalue weighted by Crippen LogP contribution is 2.18. The van der Waals surface area contributed by atoms with Gasteiger partial charge in [0.15, 0.2) is 0 Å². The van der Waals surface area contributed by atoms with E-state index in [1.807, 2.05) is 6.07 Å². The van der Waals surface area contributed by atoms with Crippen molar-refractivity contribution in [1.82, 2.24) is 10.4 Å². The summed E-state index contributed by atoms with van der Waals surface area (Å²) in [5.74, 6) is -0.429. The molecule has 22 heavy (non-hydrogen) atoms. The molecule has 0 radical (unpaired) electrons. The minimum Gasteiger partial charge on any atom is -0.267 e. The van der Waals surface area contributed by atoms with Crippen LogP contribution < -0.4 is 5.43 Å². The van der Waals surface area contributed by atoms with Crippen LogP contribution in [0.3, 0.4) is 0 Å². The van der Waals surface area contributed by atoms with Crippen LogP contribution in [0.15, 0.2) is 47.8 Å². The van der Waals surface area contributed by atoms with Gasteiger partial charge in [0.25, 0.3) is 11.6 Å². The summed E-state index contributed by atoms with van der Waals surface area (Å²) in [5.41, 5.74) is 4.54. The molecule has 112 valence electrons. The molecule has 7 heteroatoms. The van der Waals surface area contributed by atoms with Gasteiger partial charge < -0.3 is 0 Å². The molecule has 2 aromatic rings. The fourth-order valence-corrected chi connectivity index (χ4v) is 1.84. The highest BCUT2D eigenvalue weighted by Gasteiger charge is 2.13. The summed E-state index contributed by atoms with van der Waals surface area (Å²) in [6, 6.07) is 7.77. The first-order chi connectivity index (χ1) is 10.5. The van der Waals surface area contributed by atoms with Gasteiger partial charge in [-0.05, 0) is 32.0 Å². The SMILES string of the molecule is C/C(=N\NC(=O)c1ccc([N+](=O)[O-])c(C)c1)c1cccnc1. The van der Waals surface area contributed by atoms with Gasteiger partial charge in [0.2, 0.25) is 0 Å². The molecule has 0 spiro atoms. The molecule has 0 saturated heterocycles. The van der Waals surface area contributed by atoms with E-state index in [4.69, 9.17) is 0 Å². The topological polar surface area (TPSA) is 97.5 Å². The molecule has 1 aromatic carbocycles. The minimum absolute atomic E-state index is 0.0217. The van der Waals surface area contributed by atoms with Crippen molar-refractivity contribution >= 4 is 17.3 Å². The molecule has 2 rings (SSSR count). The van der Waals surface area contributed by atoms with Gasteiger partial charge in [0.1, 0.15) is 0 Å². The standard InChI is InChI=1S/C15H14N4O3/c1-10-8-12(5-6-14(10)19(21)22)15(20)18-17-11(2)13-4-3-7-16-9-13/h3-9H,1-2H3,(H,18,20)/b17-11+. The summed E-state index contributed by atoms with van der Waals surface area (Å²) < 4.78 is 0. The molecule has 0 aliphatic rings. The molecule has 7 nitrogen and oxygen atoms in total. The smallest absolute Gasteiger partial charge is 0.267 e. The Morgan fingerprint density at radius 3 is 2.68 bits per heavy atom. The van der Waals surface area contributed by atoms with E-state index in [1.54, 1.807) is 32.3 Å². The van der Waals surface area contributed by atoms with Gasteiger partial charge >= 0.3 is 0 Å². The molecule has 0 aliphatic heterocycles. The molecule has 1 N–H and O–H groups in total. The van der Waals surface area contributed by atoms with E-state index in [9.17, 15) is 14.9 Å². The second-order valence-corrected chi connectivity index (χ2v) is 4.64. The van der Waals surface area contributed by atoms with Crippen LogP contribution in [-0.4, -0.2) is 21.5 Å². The van der Waals surface area contributed by atoms with Crippen molar-refractivity contribution in [3.05, 3.63) is 69.5 Å². The van der Waals surface area contributed by atoms with Crippen molar-refractivity contribution in [3.8, 4) is 0 Å². The molecule has 1 amide bonds. The second kappa shape index (κ2) is 6.57. The number of benzene rings is 1. The lowest BCUT2D eigenvalue weighted by Gasteiger charge is -2.04. The van der Waals surface area contributed by atoms with Crippen LogP contribution in [0.5, 0.6) is 0 Å². The van der Waals surface area contributed by atoms with Crippen LogP contribution in [0, 0.1) is 17.0 Å². The molecule has 0 unspecified atom stereocenters. The fourth-order valence-electron chi connectivity index (χ4n) is 1.84. The van der Waals surface area contributed by atoms with Crippen molar-refractivity contribution in [2.24, 2.45) is 5.10 Å². The molecule has 0 saturated carbocycles. The highest BCUT2D eigenvalue weighted by molar-refractivity contribution is 6.00. The van der Waals surface area contributed by atoms with Gasteiger partial charge in [-0.25, -0.2) is 5.43 Å². The first kappa shape index (κ1) is 15.3. The van der Waals surface area contributed by atoms with Crippen LogP contribution in [0.2, 0.25) is 0 Å². The van der Waals surface area contributed by atoms with E-state index in [-0.39, 0.29) is 5.69 Å². The predicted octanol–water partition coefficient (Wildman–Crippen LogP) is 2.45. The summed E-state index contributed by atoms with van der Waals surface area (Å²) in [7, 11) is 0. The molecule has 1 heterocycles. The summed E-state index contributed by atoms with van der Waals surface area (Å²) in [6.07, 6.45) is 3.29. The van der Waals surface area contributed by atoms with Crippen molar-refractivity contribution in [3.63, 3.8) is 0 Å². The van der Waals surface area contributed by atoms with Crippen molar-refractivity contribution in [2.75, 3.05) is 0 Å². The van der Waals surface area contributed by atoms with Crippen molar-refractivity contribution in [2.45, 2.75) is 13.8 Å². The Balaban J connectivity index is 2.13. The molecule has 0 fully saturated rings. The number of pyridine rings is 1. The van der Waals surface area contributed by atoms with E-state index in [0.717, 1.165) is 5.56 Å². The van der Waals surface area contributed by atoms with Gasteiger partial charge in [-0.3, -0.25) is 19.9 Å². The third kappa shape index (κ3) is 3.51. The number of hydrogen-bond donors (Lipinski definition) is 1. The van der Waals surface area contributed by atoms with Crippen LogP contribution in [0.1, 0.15) is 28.4 Å². The van der Waals surface area contributed by atoms with Crippen molar-refractivity contribution in [1.29, 1.82) is 0 Å². The largest absolute Gasteiger partial charge is 0.272 e. The zero-order chi connectivity index (χ0) is 16.1. The summed E-state index contributed by atoms with van der Waals surface area (Å²) in [6.45, 7) is 3.33. The number of nitro groups is 1. The molecule has 0 aliphatic carbocycles. The number of nitrogens with one attached hydrogen (secondary N) is 1.